The first-order valence-electron chi connectivity index (χ1n) is 6.78. The van der Waals surface area contributed by atoms with E-state index in [0.717, 1.165) is 6.42 Å². The van der Waals surface area contributed by atoms with Crippen LogP contribution in [0.2, 0.25) is 0 Å². The van der Waals surface area contributed by atoms with Crippen LogP contribution >= 0.6 is 0 Å². The Hall–Kier alpha value is -2.77. The van der Waals surface area contributed by atoms with Crippen LogP contribution in [0.3, 0.4) is 0 Å². The van der Waals surface area contributed by atoms with E-state index >= 15 is 0 Å². The molecule has 8 heteroatoms. The quantitative estimate of drug-likeness (QED) is 0.473. The molecule has 1 heterocycles. The van der Waals surface area contributed by atoms with Crippen LogP contribution in [0.15, 0.2) is 28.8 Å². The number of esters is 1. The highest BCUT2D eigenvalue weighted by Crippen LogP contribution is 2.38. The van der Waals surface area contributed by atoms with Gasteiger partial charge < -0.3 is 9.26 Å². The first-order chi connectivity index (χ1) is 10.5. The second-order valence-corrected chi connectivity index (χ2v) is 5.25. The number of nitro benzene ring substituents is 1. The van der Waals surface area contributed by atoms with Gasteiger partial charge in [0.1, 0.15) is 0 Å². The molecule has 0 amide bonds. The van der Waals surface area contributed by atoms with E-state index in [4.69, 9.17) is 9.26 Å². The van der Waals surface area contributed by atoms with E-state index in [1.807, 2.05) is 6.92 Å². The highest BCUT2D eigenvalue weighted by Gasteiger charge is 2.40. The molecule has 114 valence electrons. The number of benzene rings is 1. The molecule has 1 aliphatic carbocycles. The third-order valence-electron chi connectivity index (χ3n) is 3.53. The molecule has 1 aliphatic rings. The molecule has 1 aromatic heterocycles. The molecule has 8 nitrogen and oxygen atoms in total. The van der Waals surface area contributed by atoms with Gasteiger partial charge >= 0.3 is 5.97 Å². The molecule has 3 rings (SSSR count). The van der Waals surface area contributed by atoms with Crippen LogP contribution in [0.4, 0.5) is 5.69 Å². The van der Waals surface area contributed by atoms with Gasteiger partial charge in [-0.1, -0.05) is 24.2 Å². The molecule has 2 atom stereocenters. The van der Waals surface area contributed by atoms with Crippen molar-refractivity contribution in [2.45, 2.75) is 20.0 Å². The summed E-state index contributed by atoms with van der Waals surface area (Å²) in [7, 11) is 0. The van der Waals surface area contributed by atoms with E-state index in [2.05, 4.69) is 10.1 Å². The van der Waals surface area contributed by atoms with Gasteiger partial charge in [-0.3, -0.25) is 14.9 Å². The Morgan fingerprint density at radius 1 is 1.55 bits per heavy atom. The molecular weight excluding hydrogens is 290 g/mol. The molecule has 0 spiro atoms. The fraction of sp³-hybridized carbons (Fsp3) is 0.357. The molecule has 22 heavy (non-hydrogen) atoms. The Bertz CT molecular complexity index is 727. The van der Waals surface area contributed by atoms with Crippen LogP contribution in [0.5, 0.6) is 0 Å². The predicted octanol–water partition coefficient (Wildman–Crippen LogP) is 2.34. The van der Waals surface area contributed by atoms with Crippen molar-refractivity contribution in [3.05, 3.63) is 40.3 Å². The summed E-state index contributed by atoms with van der Waals surface area (Å²) in [5.74, 6) is 0.454. The summed E-state index contributed by atoms with van der Waals surface area (Å²) in [6.07, 6.45) is 0.849. The van der Waals surface area contributed by atoms with Gasteiger partial charge in [-0.25, -0.2) is 0 Å². The maximum atomic E-state index is 11.6. The van der Waals surface area contributed by atoms with Crippen molar-refractivity contribution in [1.29, 1.82) is 0 Å². The standard InChI is InChI=1S/C14H13N3O5/c1-8-5-11(8)14(18)21-7-12-15-13(16-22-12)9-3-2-4-10(6-9)17(19)20/h2-4,6,8,11H,5,7H2,1H3/t8-,11+/m1/s1. The Morgan fingerprint density at radius 3 is 3.00 bits per heavy atom. The zero-order chi connectivity index (χ0) is 15.7. The maximum absolute atomic E-state index is 11.6. The van der Waals surface area contributed by atoms with Gasteiger partial charge in [-0.2, -0.15) is 4.98 Å². The first-order valence-corrected chi connectivity index (χ1v) is 6.78. The molecule has 0 radical (unpaired) electrons. The number of aromatic nitrogens is 2. The smallest absolute Gasteiger partial charge is 0.309 e. The van der Waals surface area contributed by atoms with Crippen molar-refractivity contribution in [2.75, 3.05) is 0 Å². The Balaban J connectivity index is 1.67. The Morgan fingerprint density at radius 2 is 2.32 bits per heavy atom. The van der Waals surface area contributed by atoms with Crippen LogP contribution in [-0.2, 0) is 16.1 Å². The van der Waals surface area contributed by atoms with E-state index < -0.39 is 4.92 Å². The fourth-order valence-corrected chi connectivity index (χ4v) is 2.08. The van der Waals surface area contributed by atoms with Crippen molar-refractivity contribution in [3.8, 4) is 11.4 Å². The molecule has 0 bridgehead atoms. The van der Waals surface area contributed by atoms with Crippen molar-refractivity contribution in [2.24, 2.45) is 11.8 Å². The maximum Gasteiger partial charge on any atom is 0.309 e. The monoisotopic (exact) mass is 303 g/mol. The Kier molecular flexibility index (Phi) is 3.58. The number of non-ortho nitro benzene ring substituents is 1. The number of nitro groups is 1. The summed E-state index contributed by atoms with van der Waals surface area (Å²) in [5.41, 5.74) is 0.407. The number of hydrogen-bond donors (Lipinski definition) is 0. The molecule has 0 saturated heterocycles. The molecule has 1 saturated carbocycles. The number of carbonyl (C=O) groups is 1. The summed E-state index contributed by atoms with van der Waals surface area (Å²) >= 11 is 0. The van der Waals surface area contributed by atoms with Gasteiger partial charge in [0.15, 0.2) is 6.61 Å². The highest BCUT2D eigenvalue weighted by atomic mass is 16.6. The minimum atomic E-state index is -0.497. The second kappa shape index (κ2) is 5.55. The molecule has 1 aromatic carbocycles. The fourth-order valence-electron chi connectivity index (χ4n) is 2.08. The highest BCUT2D eigenvalue weighted by molar-refractivity contribution is 5.75. The third kappa shape index (κ3) is 2.95. The number of carbonyl (C=O) groups excluding carboxylic acids is 1. The summed E-state index contributed by atoms with van der Waals surface area (Å²) in [4.78, 5) is 25.9. The Labute approximate surface area is 125 Å². The molecule has 0 unspecified atom stereocenters. The average Bonchev–Trinajstić information content (AvgIpc) is 3.06. The van der Waals surface area contributed by atoms with Crippen molar-refractivity contribution >= 4 is 11.7 Å². The summed E-state index contributed by atoms with van der Waals surface area (Å²) in [5, 5.41) is 14.5. The number of ether oxygens (including phenoxy) is 1. The molecular formula is C14H13N3O5. The van der Waals surface area contributed by atoms with E-state index in [1.165, 1.54) is 18.2 Å². The van der Waals surface area contributed by atoms with E-state index in [1.54, 1.807) is 6.07 Å². The molecule has 1 fully saturated rings. The molecule has 2 aromatic rings. The van der Waals surface area contributed by atoms with Gasteiger partial charge in [-0.15, -0.1) is 0 Å². The van der Waals surface area contributed by atoms with Crippen molar-refractivity contribution in [1.82, 2.24) is 10.1 Å². The van der Waals surface area contributed by atoms with Crippen LogP contribution in [0.25, 0.3) is 11.4 Å². The SMILES string of the molecule is C[C@@H]1C[C@@H]1C(=O)OCc1nc(-c2cccc([N+](=O)[O-])c2)no1. The van der Waals surface area contributed by atoms with Crippen LogP contribution < -0.4 is 0 Å². The molecule has 0 aliphatic heterocycles. The molecule has 0 N–H and O–H groups in total. The largest absolute Gasteiger partial charge is 0.455 e. The van der Waals surface area contributed by atoms with Crippen LogP contribution in [0.1, 0.15) is 19.2 Å². The van der Waals surface area contributed by atoms with Gasteiger partial charge in [0.05, 0.1) is 10.8 Å². The topological polar surface area (TPSA) is 108 Å². The first kappa shape index (κ1) is 14.2. The van der Waals surface area contributed by atoms with E-state index in [9.17, 15) is 14.9 Å². The minimum absolute atomic E-state index is 0.0286. The number of rotatable bonds is 5. The van der Waals surface area contributed by atoms with Gasteiger partial charge in [0.25, 0.3) is 11.6 Å². The van der Waals surface area contributed by atoms with Crippen LogP contribution in [-0.4, -0.2) is 21.0 Å². The normalized spacial score (nSPS) is 19.7. The van der Waals surface area contributed by atoms with Crippen LogP contribution in [0, 0.1) is 22.0 Å². The van der Waals surface area contributed by atoms with Crippen molar-refractivity contribution in [3.63, 3.8) is 0 Å². The number of nitrogens with zero attached hydrogens (tertiary/aromatic N) is 3. The third-order valence-corrected chi connectivity index (χ3v) is 3.53. The lowest BCUT2D eigenvalue weighted by atomic mass is 10.2. The van der Waals surface area contributed by atoms with Crippen molar-refractivity contribution < 1.29 is 19.0 Å². The summed E-state index contributed by atoms with van der Waals surface area (Å²) in [6.45, 7) is 1.89. The zero-order valence-corrected chi connectivity index (χ0v) is 11.8. The summed E-state index contributed by atoms with van der Waals surface area (Å²) in [6, 6.07) is 5.91. The minimum Gasteiger partial charge on any atom is -0.455 e. The summed E-state index contributed by atoms with van der Waals surface area (Å²) < 4.78 is 10.1. The zero-order valence-electron chi connectivity index (χ0n) is 11.8. The van der Waals surface area contributed by atoms with Gasteiger partial charge in [-0.05, 0) is 12.3 Å². The predicted molar refractivity (Wildman–Crippen MR) is 73.5 cm³/mol. The lowest BCUT2D eigenvalue weighted by Crippen LogP contribution is -2.07. The van der Waals surface area contributed by atoms with Gasteiger partial charge in [0.2, 0.25) is 5.82 Å². The van der Waals surface area contributed by atoms with E-state index in [0.29, 0.717) is 11.5 Å². The van der Waals surface area contributed by atoms with Gasteiger partial charge in [0, 0.05) is 17.7 Å². The average molecular weight is 303 g/mol. The lowest BCUT2D eigenvalue weighted by molar-refractivity contribution is -0.384. The lowest BCUT2D eigenvalue weighted by Gasteiger charge is -1.99. The number of hydrogen-bond acceptors (Lipinski definition) is 7. The van der Waals surface area contributed by atoms with E-state index in [-0.39, 0.29) is 35.9 Å². The second-order valence-electron chi connectivity index (χ2n) is 5.25.